The Morgan fingerprint density at radius 1 is 1.03 bits per heavy atom. The monoisotopic (exact) mass is 447 g/mol. The minimum absolute atomic E-state index is 0.242. The number of amides is 1. The van der Waals surface area contributed by atoms with Crippen LogP contribution in [0.1, 0.15) is 54.1 Å². The zero-order valence-corrected chi connectivity index (χ0v) is 17.6. The van der Waals surface area contributed by atoms with Crippen LogP contribution in [0.3, 0.4) is 0 Å². The second-order valence-electron chi connectivity index (χ2n) is 7.86. The number of benzene rings is 2. The summed E-state index contributed by atoms with van der Waals surface area (Å²) in [5.74, 6) is -1.17. The van der Waals surface area contributed by atoms with E-state index in [4.69, 9.17) is 11.6 Å². The first-order chi connectivity index (χ1) is 15.0. The van der Waals surface area contributed by atoms with Crippen molar-refractivity contribution >= 4 is 23.5 Å². The van der Waals surface area contributed by atoms with Gasteiger partial charge in [-0.15, -0.1) is 0 Å². The van der Waals surface area contributed by atoms with Crippen molar-refractivity contribution in [1.29, 1.82) is 0 Å². The van der Waals surface area contributed by atoms with E-state index < -0.39 is 11.6 Å². The van der Waals surface area contributed by atoms with Crippen LogP contribution in [0, 0.1) is 11.6 Å². The van der Waals surface area contributed by atoms with Gasteiger partial charge in [-0.1, -0.05) is 24.4 Å². The van der Waals surface area contributed by atoms with Crippen LogP contribution in [0.2, 0.25) is 5.02 Å². The molecule has 1 aliphatic heterocycles. The average Bonchev–Trinajstić information content (AvgIpc) is 3.40. The fraction of sp³-hybridized carbons (Fsp3) is 0.364. The second kappa shape index (κ2) is 9.72. The highest BCUT2D eigenvalue weighted by atomic mass is 35.5. The van der Waals surface area contributed by atoms with Gasteiger partial charge in [0.1, 0.15) is 17.8 Å². The van der Waals surface area contributed by atoms with Gasteiger partial charge in [-0.25, -0.2) is 24.6 Å². The van der Waals surface area contributed by atoms with Crippen LogP contribution in [0.5, 0.6) is 0 Å². The fourth-order valence-electron chi connectivity index (χ4n) is 3.92. The van der Waals surface area contributed by atoms with E-state index in [1.54, 1.807) is 24.3 Å². The van der Waals surface area contributed by atoms with Gasteiger partial charge in [-0.3, -0.25) is 10.1 Å². The van der Waals surface area contributed by atoms with E-state index in [1.807, 2.05) is 0 Å². The summed E-state index contributed by atoms with van der Waals surface area (Å²) in [5.41, 5.74) is 7.02. The molecule has 2 fully saturated rings. The lowest BCUT2D eigenvalue weighted by atomic mass is 10.0. The first-order valence-corrected chi connectivity index (χ1v) is 10.7. The molecule has 1 amide bonds. The molecule has 1 saturated carbocycles. The molecule has 2 unspecified atom stereocenters. The average molecular weight is 448 g/mol. The number of aliphatic imine (C=N–C) groups is 1. The highest BCUT2D eigenvalue weighted by Crippen LogP contribution is 2.24. The normalized spacial score (nSPS) is 22.0. The molecule has 0 radical (unpaired) electrons. The Bertz CT molecular complexity index is 943. The van der Waals surface area contributed by atoms with E-state index in [9.17, 15) is 13.6 Å². The van der Waals surface area contributed by atoms with Crippen molar-refractivity contribution in [2.24, 2.45) is 4.99 Å². The van der Waals surface area contributed by atoms with Crippen LogP contribution >= 0.6 is 11.6 Å². The molecule has 4 rings (SSSR count). The molecule has 2 aliphatic rings. The van der Waals surface area contributed by atoms with E-state index in [0.717, 1.165) is 31.7 Å². The number of rotatable bonds is 4. The minimum Gasteiger partial charge on any atom is -0.353 e. The molecule has 6 nitrogen and oxygen atoms in total. The number of carbonyl (C=O) groups excluding carboxylic acids is 1. The number of carbonyl (C=O) groups is 1. The molecule has 2 aromatic rings. The number of halogens is 3. The van der Waals surface area contributed by atoms with Crippen molar-refractivity contribution in [3.05, 3.63) is 70.2 Å². The Labute approximate surface area is 184 Å². The van der Waals surface area contributed by atoms with Crippen molar-refractivity contribution < 1.29 is 13.6 Å². The third-order valence-electron chi connectivity index (χ3n) is 5.49. The maximum absolute atomic E-state index is 13.6. The zero-order valence-electron chi connectivity index (χ0n) is 16.8. The molecule has 31 heavy (non-hydrogen) atoms. The van der Waals surface area contributed by atoms with Crippen molar-refractivity contribution in [2.75, 3.05) is 0 Å². The molecule has 1 heterocycles. The maximum Gasteiger partial charge on any atom is 0.257 e. The fourth-order valence-corrected chi connectivity index (χ4v) is 4.05. The zero-order chi connectivity index (χ0) is 21.8. The Morgan fingerprint density at radius 2 is 1.71 bits per heavy atom. The highest BCUT2D eigenvalue weighted by Gasteiger charge is 2.27. The van der Waals surface area contributed by atoms with Gasteiger partial charge >= 0.3 is 0 Å². The number of hydrazine groups is 1. The Kier molecular flexibility index (Phi) is 6.80. The first kappa shape index (κ1) is 21.7. The number of nitrogens with one attached hydrogen (secondary N) is 4. The lowest BCUT2D eigenvalue weighted by Crippen LogP contribution is -2.46. The lowest BCUT2D eigenvalue weighted by molar-refractivity contribution is 0.0975. The van der Waals surface area contributed by atoms with Gasteiger partial charge in [-0.2, -0.15) is 0 Å². The second-order valence-corrected chi connectivity index (χ2v) is 8.30. The van der Waals surface area contributed by atoms with Gasteiger partial charge in [-0.05, 0) is 54.8 Å². The van der Waals surface area contributed by atoms with Gasteiger partial charge in [0.05, 0.1) is 0 Å². The molecule has 2 atom stereocenters. The summed E-state index contributed by atoms with van der Waals surface area (Å²) < 4.78 is 27.1. The van der Waals surface area contributed by atoms with Gasteiger partial charge in [0.2, 0.25) is 0 Å². The topological polar surface area (TPSA) is 77.5 Å². The van der Waals surface area contributed by atoms with E-state index in [2.05, 4.69) is 26.5 Å². The molecule has 1 aliphatic carbocycles. The Balaban J connectivity index is 1.47. The first-order valence-electron chi connectivity index (χ1n) is 10.3. The summed E-state index contributed by atoms with van der Waals surface area (Å²) >= 11 is 5.90. The molecule has 2 aromatic carbocycles. The van der Waals surface area contributed by atoms with Crippen molar-refractivity contribution in [3.63, 3.8) is 0 Å². The summed E-state index contributed by atoms with van der Waals surface area (Å²) in [6, 6.07) is 9.99. The van der Waals surface area contributed by atoms with Gasteiger partial charge in [0.15, 0.2) is 5.96 Å². The Morgan fingerprint density at radius 3 is 2.39 bits per heavy atom. The highest BCUT2D eigenvalue weighted by molar-refractivity contribution is 6.30. The maximum atomic E-state index is 13.6. The molecular weight excluding hydrogens is 424 g/mol. The summed E-state index contributed by atoms with van der Waals surface area (Å²) in [4.78, 5) is 17.3. The van der Waals surface area contributed by atoms with E-state index in [-0.39, 0.29) is 24.2 Å². The van der Waals surface area contributed by atoms with Gasteiger partial charge in [0.25, 0.3) is 5.91 Å². The standard InChI is InChI=1S/C22H24ClF2N5O/c23-15-7-5-13(6-8-15)21(31)28-22(26-18-3-1-2-4-18)27-20-12-19(29-30-20)14-9-16(24)11-17(25)10-14/h5-11,18-20,29-30H,1-4,12H2,(H2,26,27,28,31). The van der Waals surface area contributed by atoms with Crippen LogP contribution in [-0.4, -0.2) is 24.1 Å². The van der Waals surface area contributed by atoms with Crippen molar-refractivity contribution in [1.82, 2.24) is 21.5 Å². The number of hydrogen-bond acceptors (Lipinski definition) is 4. The molecule has 9 heteroatoms. The summed E-state index contributed by atoms with van der Waals surface area (Å²) in [5, 5.41) is 6.73. The van der Waals surface area contributed by atoms with E-state index in [1.165, 1.54) is 12.1 Å². The van der Waals surface area contributed by atoms with Crippen LogP contribution in [-0.2, 0) is 0 Å². The largest absolute Gasteiger partial charge is 0.353 e. The number of hydrogen-bond donors (Lipinski definition) is 4. The molecule has 0 aromatic heterocycles. The third kappa shape index (κ3) is 5.78. The predicted octanol–water partition coefficient (Wildman–Crippen LogP) is 3.80. The predicted molar refractivity (Wildman–Crippen MR) is 116 cm³/mol. The van der Waals surface area contributed by atoms with Gasteiger partial charge in [0, 0.05) is 35.2 Å². The summed E-state index contributed by atoms with van der Waals surface area (Å²) in [6.45, 7) is 0. The summed E-state index contributed by atoms with van der Waals surface area (Å²) in [7, 11) is 0. The molecule has 4 N–H and O–H groups in total. The minimum atomic E-state index is -0.623. The van der Waals surface area contributed by atoms with Crippen molar-refractivity contribution in [2.45, 2.75) is 50.4 Å². The van der Waals surface area contributed by atoms with Gasteiger partial charge < -0.3 is 5.32 Å². The van der Waals surface area contributed by atoms with E-state index in [0.29, 0.717) is 28.5 Å². The molecular formula is C22H24ClF2N5O. The SMILES string of the molecule is O=C(NC(=NC1CC(c2cc(F)cc(F)c2)NN1)NC1CCCC1)c1ccc(Cl)cc1. The third-order valence-corrected chi connectivity index (χ3v) is 5.74. The number of guanidine groups is 1. The smallest absolute Gasteiger partial charge is 0.257 e. The molecule has 0 spiro atoms. The summed E-state index contributed by atoms with van der Waals surface area (Å²) in [6.07, 6.45) is 4.37. The van der Waals surface area contributed by atoms with Crippen LogP contribution in [0.15, 0.2) is 47.5 Å². The quantitative estimate of drug-likeness (QED) is 0.424. The number of nitrogens with zero attached hydrogens (tertiary/aromatic N) is 1. The van der Waals surface area contributed by atoms with Crippen LogP contribution in [0.4, 0.5) is 8.78 Å². The van der Waals surface area contributed by atoms with Crippen LogP contribution < -0.4 is 21.5 Å². The Hall–Kier alpha value is -2.55. The van der Waals surface area contributed by atoms with Crippen LogP contribution in [0.25, 0.3) is 0 Å². The van der Waals surface area contributed by atoms with E-state index >= 15 is 0 Å². The van der Waals surface area contributed by atoms with Crippen molar-refractivity contribution in [3.8, 4) is 0 Å². The molecule has 1 saturated heterocycles. The molecule has 164 valence electrons. The molecule has 0 bridgehead atoms. The lowest BCUT2D eigenvalue weighted by Gasteiger charge is -2.18.